The summed E-state index contributed by atoms with van der Waals surface area (Å²) in [6.45, 7) is 0.486. The minimum Gasteiger partial charge on any atom is -0.497 e. The molecule has 0 bridgehead atoms. The number of nitrogens with one attached hydrogen (secondary N) is 2. The van der Waals surface area contributed by atoms with E-state index in [1.165, 1.54) is 0 Å². The molecule has 1 heterocycles. The van der Waals surface area contributed by atoms with Gasteiger partial charge in [0.05, 0.1) is 26.8 Å². The maximum atomic E-state index is 13.3. The van der Waals surface area contributed by atoms with Crippen LogP contribution in [0.15, 0.2) is 48.5 Å². The van der Waals surface area contributed by atoms with Crippen molar-refractivity contribution in [2.24, 2.45) is 0 Å². The van der Waals surface area contributed by atoms with Crippen molar-refractivity contribution in [2.75, 3.05) is 33.1 Å². The van der Waals surface area contributed by atoms with Gasteiger partial charge < -0.3 is 19.7 Å². The second-order valence-electron chi connectivity index (χ2n) is 9.02. The van der Waals surface area contributed by atoms with Crippen LogP contribution in [-0.4, -0.2) is 69.4 Å². The van der Waals surface area contributed by atoms with Crippen LogP contribution in [0.4, 0.5) is 4.79 Å². The van der Waals surface area contributed by atoms with E-state index in [1.807, 2.05) is 36.4 Å². The predicted octanol–water partition coefficient (Wildman–Crippen LogP) is 2.23. The molecule has 1 saturated carbocycles. The molecule has 0 radical (unpaired) electrons. The molecule has 36 heavy (non-hydrogen) atoms. The third-order valence-corrected chi connectivity index (χ3v) is 7.69. The molecule has 4 rings (SSSR count). The van der Waals surface area contributed by atoms with Gasteiger partial charge in [-0.15, -0.1) is 4.83 Å². The van der Waals surface area contributed by atoms with E-state index < -0.39 is 27.7 Å². The molecule has 1 atom stereocenters. The third kappa shape index (κ3) is 6.27. The first-order chi connectivity index (χ1) is 17.3. The Hall–Kier alpha value is -3.31. The first-order valence-corrected chi connectivity index (χ1v) is 13.6. The maximum Gasteiger partial charge on any atom is 0.335 e. The second kappa shape index (κ2) is 11.2. The zero-order valence-corrected chi connectivity index (χ0v) is 21.3. The van der Waals surface area contributed by atoms with E-state index in [2.05, 4.69) is 10.1 Å². The Morgan fingerprint density at radius 2 is 1.61 bits per heavy atom. The smallest absolute Gasteiger partial charge is 0.335 e. The number of nitrogens with zero attached hydrogens (tertiary/aromatic N) is 2. The van der Waals surface area contributed by atoms with Crippen molar-refractivity contribution in [3.63, 3.8) is 0 Å². The van der Waals surface area contributed by atoms with Crippen LogP contribution in [0.1, 0.15) is 36.4 Å². The number of carbonyl (C=O) groups excluding carboxylic acids is 2. The van der Waals surface area contributed by atoms with Crippen LogP contribution in [0.25, 0.3) is 0 Å². The standard InChI is InChI=1S/C25H32N4O6S/c1-34-21-10-6-18(7-11-21)14-15-28-23(19-8-12-22(35-2)13-9-19)16-29(25(28)31)27-36(32,33)17-24(30)26-20-4-3-5-20/h6-13,20,23,27H,3-5,14-17H2,1-2H3,(H,26,30). The number of urea groups is 1. The molecule has 1 aliphatic heterocycles. The topological polar surface area (TPSA) is 117 Å². The molecule has 2 N–H and O–H groups in total. The lowest BCUT2D eigenvalue weighted by Crippen LogP contribution is -2.49. The number of sulfonamides is 1. The van der Waals surface area contributed by atoms with Crippen molar-refractivity contribution >= 4 is 22.0 Å². The van der Waals surface area contributed by atoms with Gasteiger partial charge in [0.2, 0.25) is 15.9 Å². The predicted molar refractivity (Wildman–Crippen MR) is 134 cm³/mol. The summed E-state index contributed by atoms with van der Waals surface area (Å²) in [5, 5.41) is 3.79. The van der Waals surface area contributed by atoms with E-state index in [4.69, 9.17) is 9.47 Å². The quantitative estimate of drug-likeness (QED) is 0.473. The molecule has 3 amide bonds. The van der Waals surface area contributed by atoms with E-state index in [0.29, 0.717) is 18.7 Å². The highest BCUT2D eigenvalue weighted by Crippen LogP contribution is 2.30. The molecule has 2 aromatic rings. The molecular formula is C25H32N4O6S. The van der Waals surface area contributed by atoms with Crippen LogP contribution in [0.3, 0.4) is 0 Å². The van der Waals surface area contributed by atoms with Gasteiger partial charge in [-0.1, -0.05) is 24.3 Å². The largest absolute Gasteiger partial charge is 0.497 e. The van der Waals surface area contributed by atoms with Crippen molar-refractivity contribution in [1.29, 1.82) is 0 Å². The van der Waals surface area contributed by atoms with Crippen molar-refractivity contribution < 1.29 is 27.5 Å². The highest BCUT2D eigenvalue weighted by Gasteiger charge is 2.40. The van der Waals surface area contributed by atoms with Crippen LogP contribution in [0, 0.1) is 0 Å². The van der Waals surface area contributed by atoms with E-state index in [-0.39, 0.29) is 18.6 Å². The molecule has 2 aromatic carbocycles. The summed E-state index contributed by atoms with van der Waals surface area (Å²) in [6.07, 6.45) is 3.32. The number of amides is 3. The summed E-state index contributed by atoms with van der Waals surface area (Å²) in [6, 6.07) is 14.1. The molecule has 2 fully saturated rings. The van der Waals surface area contributed by atoms with Crippen molar-refractivity contribution in [3.05, 3.63) is 59.7 Å². The van der Waals surface area contributed by atoms with Gasteiger partial charge in [-0.05, 0) is 61.1 Å². The van der Waals surface area contributed by atoms with Crippen LogP contribution < -0.4 is 19.6 Å². The Kier molecular flexibility index (Phi) is 8.00. The SMILES string of the molecule is COc1ccc(CCN2C(=O)N(NS(=O)(=O)CC(=O)NC3CCC3)CC2c2ccc(OC)cc2)cc1. The number of ether oxygens (including phenoxy) is 2. The van der Waals surface area contributed by atoms with Crippen LogP contribution >= 0.6 is 0 Å². The van der Waals surface area contributed by atoms with Crippen LogP contribution in [0.2, 0.25) is 0 Å². The highest BCUT2D eigenvalue weighted by atomic mass is 32.2. The van der Waals surface area contributed by atoms with Gasteiger partial charge in [0.25, 0.3) is 0 Å². The molecule has 0 spiro atoms. The normalized spacial score (nSPS) is 18.2. The number of methoxy groups -OCH3 is 2. The van der Waals surface area contributed by atoms with E-state index in [1.54, 1.807) is 31.3 Å². The number of hydrazine groups is 1. The number of benzene rings is 2. The first kappa shape index (κ1) is 25.8. The monoisotopic (exact) mass is 516 g/mol. The summed E-state index contributed by atoms with van der Waals surface area (Å²) in [4.78, 5) is 29.4. The average molecular weight is 517 g/mol. The zero-order chi connectivity index (χ0) is 25.7. The Labute approximate surface area is 211 Å². The Balaban J connectivity index is 1.47. The van der Waals surface area contributed by atoms with Gasteiger partial charge in [0.1, 0.15) is 17.3 Å². The summed E-state index contributed by atoms with van der Waals surface area (Å²) in [7, 11) is -0.881. The molecule has 1 unspecified atom stereocenters. The lowest BCUT2D eigenvalue weighted by Gasteiger charge is -2.26. The van der Waals surface area contributed by atoms with Crippen LogP contribution in [-0.2, 0) is 21.2 Å². The molecule has 11 heteroatoms. The number of rotatable bonds is 11. The van der Waals surface area contributed by atoms with Crippen molar-refractivity contribution in [1.82, 2.24) is 20.1 Å². The minimum absolute atomic E-state index is 0.0361. The maximum absolute atomic E-state index is 13.3. The molecular weight excluding hydrogens is 484 g/mol. The van der Waals surface area contributed by atoms with E-state index >= 15 is 0 Å². The number of carbonyl (C=O) groups is 2. The number of hydrogen-bond donors (Lipinski definition) is 2. The summed E-state index contributed by atoms with van der Waals surface area (Å²) < 4.78 is 35.8. The fraction of sp³-hybridized carbons (Fsp3) is 0.440. The van der Waals surface area contributed by atoms with Gasteiger partial charge in [0, 0.05) is 12.6 Å². The molecule has 0 aromatic heterocycles. The summed E-state index contributed by atoms with van der Waals surface area (Å²) >= 11 is 0. The third-order valence-electron chi connectivity index (χ3n) is 6.55. The molecule has 10 nitrogen and oxygen atoms in total. The van der Waals surface area contributed by atoms with Gasteiger partial charge in [-0.25, -0.2) is 18.2 Å². The Morgan fingerprint density at radius 3 is 2.17 bits per heavy atom. The van der Waals surface area contributed by atoms with Crippen LogP contribution in [0.5, 0.6) is 11.5 Å². The molecule has 1 saturated heterocycles. The van der Waals surface area contributed by atoms with Gasteiger partial charge in [-0.3, -0.25) is 4.79 Å². The fourth-order valence-corrected chi connectivity index (χ4v) is 5.30. The van der Waals surface area contributed by atoms with Gasteiger partial charge in [0.15, 0.2) is 0 Å². The van der Waals surface area contributed by atoms with Gasteiger partial charge in [-0.2, -0.15) is 0 Å². The fourth-order valence-electron chi connectivity index (χ4n) is 4.31. The first-order valence-electron chi connectivity index (χ1n) is 11.9. The Morgan fingerprint density at radius 1 is 1.00 bits per heavy atom. The van der Waals surface area contributed by atoms with Crippen molar-refractivity contribution in [2.45, 2.75) is 37.8 Å². The van der Waals surface area contributed by atoms with E-state index in [9.17, 15) is 18.0 Å². The van der Waals surface area contributed by atoms with Gasteiger partial charge >= 0.3 is 6.03 Å². The molecule has 1 aliphatic carbocycles. The molecule has 2 aliphatic rings. The highest BCUT2D eigenvalue weighted by molar-refractivity contribution is 7.90. The summed E-state index contributed by atoms with van der Waals surface area (Å²) in [5.41, 5.74) is 1.87. The molecule has 194 valence electrons. The second-order valence-corrected chi connectivity index (χ2v) is 10.7. The lowest BCUT2D eigenvalue weighted by molar-refractivity contribution is -0.119. The Bertz CT molecular complexity index is 1170. The van der Waals surface area contributed by atoms with E-state index in [0.717, 1.165) is 41.1 Å². The summed E-state index contributed by atoms with van der Waals surface area (Å²) in [5.74, 6) is 0.130. The van der Waals surface area contributed by atoms with Crippen molar-refractivity contribution in [3.8, 4) is 11.5 Å². The zero-order valence-electron chi connectivity index (χ0n) is 20.5. The number of hydrogen-bond acceptors (Lipinski definition) is 6. The average Bonchev–Trinajstić information content (AvgIpc) is 3.14. The minimum atomic E-state index is -4.06. The lowest BCUT2D eigenvalue weighted by atomic mass is 9.93.